The summed E-state index contributed by atoms with van der Waals surface area (Å²) >= 11 is 0. The zero-order chi connectivity index (χ0) is 15.8. The smallest absolute Gasteiger partial charge is 0.455 e. The number of hydrogen-bond acceptors (Lipinski definition) is 2. The minimum atomic E-state index is -5.74. The fourth-order valence-electron chi connectivity index (χ4n) is 2.13. The highest BCUT2D eigenvalue weighted by molar-refractivity contribution is 5.88. The van der Waals surface area contributed by atoms with Gasteiger partial charge in [-0.25, -0.2) is 0 Å². The minimum absolute atomic E-state index is 0.106. The van der Waals surface area contributed by atoms with E-state index in [0.717, 1.165) is 0 Å². The van der Waals surface area contributed by atoms with Crippen molar-refractivity contribution in [1.29, 1.82) is 0 Å². The van der Waals surface area contributed by atoms with Crippen molar-refractivity contribution in [3.05, 3.63) is 42.0 Å². The molecule has 21 heavy (non-hydrogen) atoms. The molecule has 0 fully saturated rings. The molecule has 0 bridgehead atoms. The predicted octanol–water partition coefficient (Wildman–Crippen LogP) is 4.05. The van der Waals surface area contributed by atoms with Gasteiger partial charge in [0.2, 0.25) is 0 Å². The number of halogens is 5. The lowest BCUT2D eigenvalue weighted by Gasteiger charge is -2.27. The minimum Gasteiger partial charge on any atom is -0.496 e. The van der Waals surface area contributed by atoms with Gasteiger partial charge in [-0.15, -0.1) is 0 Å². The number of benzene rings is 2. The van der Waals surface area contributed by atoms with Crippen molar-refractivity contribution in [2.45, 2.75) is 18.1 Å². The molecule has 0 radical (unpaired) electrons. The van der Waals surface area contributed by atoms with Crippen LogP contribution in [0.25, 0.3) is 10.8 Å². The second-order valence-electron chi connectivity index (χ2n) is 4.50. The fourth-order valence-corrected chi connectivity index (χ4v) is 2.13. The Hall–Kier alpha value is -1.89. The van der Waals surface area contributed by atoms with Crippen molar-refractivity contribution in [2.75, 3.05) is 7.11 Å². The van der Waals surface area contributed by atoms with Crippen molar-refractivity contribution < 1.29 is 26.7 Å². The summed E-state index contributed by atoms with van der Waals surface area (Å²) in [5.41, 5.74) is 4.89. The average Bonchev–Trinajstić information content (AvgIpc) is 2.44. The van der Waals surface area contributed by atoms with E-state index in [1.807, 2.05) is 0 Å². The van der Waals surface area contributed by atoms with Crippen LogP contribution in [0.1, 0.15) is 11.6 Å². The average molecular weight is 305 g/mol. The van der Waals surface area contributed by atoms with Crippen LogP contribution < -0.4 is 10.5 Å². The van der Waals surface area contributed by atoms with Gasteiger partial charge < -0.3 is 10.5 Å². The van der Waals surface area contributed by atoms with Crippen molar-refractivity contribution in [3.63, 3.8) is 0 Å². The Morgan fingerprint density at radius 1 is 1.00 bits per heavy atom. The van der Waals surface area contributed by atoms with Gasteiger partial charge in [0.05, 0.1) is 7.11 Å². The van der Waals surface area contributed by atoms with E-state index in [1.165, 1.54) is 25.3 Å². The molecule has 0 amide bonds. The molecule has 2 rings (SSSR count). The van der Waals surface area contributed by atoms with Gasteiger partial charge in [0.15, 0.2) is 0 Å². The van der Waals surface area contributed by atoms with E-state index < -0.39 is 18.1 Å². The summed E-state index contributed by atoms with van der Waals surface area (Å²) in [7, 11) is 1.19. The molecule has 0 aliphatic rings. The van der Waals surface area contributed by atoms with Gasteiger partial charge in [0.25, 0.3) is 0 Å². The van der Waals surface area contributed by atoms with E-state index in [-0.39, 0.29) is 16.7 Å². The molecule has 0 heterocycles. The Morgan fingerprint density at radius 2 is 1.62 bits per heavy atom. The molecule has 0 spiro atoms. The van der Waals surface area contributed by atoms with E-state index in [2.05, 4.69) is 0 Å². The molecule has 114 valence electrons. The summed E-state index contributed by atoms with van der Waals surface area (Å²) in [6.45, 7) is 0. The highest BCUT2D eigenvalue weighted by atomic mass is 19.4. The maximum absolute atomic E-state index is 13.5. The lowest BCUT2D eigenvalue weighted by atomic mass is 9.94. The van der Waals surface area contributed by atoms with Crippen LogP contribution in [0.15, 0.2) is 36.4 Å². The van der Waals surface area contributed by atoms with Gasteiger partial charge in [0.1, 0.15) is 11.8 Å². The normalized spacial score (nSPS) is 14.2. The summed E-state index contributed by atoms with van der Waals surface area (Å²) in [6, 6.07) is 6.53. The topological polar surface area (TPSA) is 35.2 Å². The van der Waals surface area contributed by atoms with E-state index in [4.69, 9.17) is 10.5 Å². The second kappa shape index (κ2) is 5.14. The molecule has 2 N–H and O–H groups in total. The molecule has 2 nitrogen and oxygen atoms in total. The SMILES string of the molecule is COc1ccc2ccccc2c1[C@H](N)C(F)(F)C(F)(F)F. The van der Waals surface area contributed by atoms with Gasteiger partial charge >= 0.3 is 12.1 Å². The Kier molecular flexibility index (Phi) is 3.79. The number of nitrogens with two attached hydrogens (primary N) is 1. The van der Waals surface area contributed by atoms with Crippen LogP contribution in [0.4, 0.5) is 22.0 Å². The van der Waals surface area contributed by atoms with Crippen molar-refractivity contribution >= 4 is 10.8 Å². The monoisotopic (exact) mass is 305 g/mol. The van der Waals surface area contributed by atoms with Crippen LogP contribution in [-0.4, -0.2) is 19.2 Å². The number of hydrogen-bond donors (Lipinski definition) is 1. The van der Waals surface area contributed by atoms with Gasteiger partial charge in [-0.3, -0.25) is 0 Å². The molecule has 7 heteroatoms. The molecule has 0 saturated carbocycles. The first-order valence-electron chi connectivity index (χ1n) is 5.96. The quantitative estimate of drug-likeness (QED) is 0.868. The predicted molar refractivity (Wildman–Crippen MR) is 68.4 cm³/mol. The summed E-state index contributed by atoms with van der Waals surface area (Å²) in [5.74, 6) is -5.17. The largest absolute Gasteiger partial charge is 0.496 e. The van der Waals surface area contributed by atoms with E-state index in [0.29, 0.717) is 5.39 Å². The van der Waals surface area contributed by atoms with Gasteiger partial charge in [-0.05, 0) is 16.8 Å². The van der Waals surface area contributed by atoms with Crippen molar-refractivity contribution in [2.24, 2.45) is 5.73 Å². The number of ether oxygens (including phenoxy) is 1. The second-order valence-corrected chi connectivity index (χ2v) is 4.50. The molecule has 0 unspecified atom stereocenters. The number of fused-ring (bicyclic) bond motifs is 1. The van der Waals surface area contributed by atoms with Crippen molar-refractivity contribution in [1.82, 2.24) is 0 Å². The molecule has 1 atom stereocenters. The highest BCUT2D eigenvalue weighted by Gasteiger charge is 2.62. The Bertz CT molecular complexity index is 653. The summed E-state index contributed by atoms with van der Waals surface area (Å²) in [6.07, 6.45) is -5.74. The van der Waals surface area contributed by atoms with Crippen molar-refractivity contribution in [3.8, 4) is 5.75 Å². The third-order valence-corrected chi connectivity index (χ3v) is 3.23. The third kappa shape index (κ3) is 2.53. The van der Waals surface area contributed by atoms with E-state index in [1.54, 1.807) is 18.2 Å². The number of rotatable bonds is 3. The van der Waals surface area contributed by atoms with Gasteiger partial charge in [-0.1, -0.05) is 30.3 Å². The Balaban J connectivity index is 2.70. The third-order valence-electron chi connectivity index (χ3n) is 3.23. The Labute approximate surface area is 117 Å². The van der Waals surface area contributed by atoms with Gasteiger partial charge in [0, 0.05) is 5.56 Å². The maximum atomic E-state index is 13.5. The lowest BCUT2D eigenvalue weighted by molar-refractivity contribution is -0.290. The Morgan fingerprint density at radius 3 is 2.19 bits per heavy atom. The van der Waals surface area contributed by atoms with Crippen LogP contribution in [0.3, 0.4) is 0 Å². The zero-order valence-electron chi connectivity index (χ0n) is 10.9. The van der Waals surface area contributed by atoms with Crippen LogP contribution in [0, 0.1) is 0 Å². The molecular weight excluding hydrogens is 293 g/mol. The van der Waals surface area contributed by atoms with Gasteiger partial charge in [-0.2, -0.15) is 22.0 Å². The van der Waals surface area contributed by atoms with Crippen LogP contribution in [0.2, 0.25) is 0 Å². The zero-order valence-corrected chi connectivity index (χ0v) is 10.9. The molecule has 0 saturated heterocycles. The van der Waals surface area contributed by atoms with E-state index in [9.17, 15) is 22.0 Å². The lowest BCUT2D eigenvalue weighted by Crippen LogP contribution is -2.46. The van der Waals surface area contributed by atoms with Crippen LogP contribution in [0.5, 0.6) is 5.75 Å². The molecule has 2 aromatic rings. The number of methoxy groups -OCH3 is 1. The first-order chi connectivity index (χ1) is 9.70. The molecule has 0 aromatic heterocycles. The highest BCUT2D eigenvalue weighted by Crippen LogP contribution is 2.46. The van der Waals surface area contributed by atoms with E-state index >= 15 is 0 Å². The molecule has 0 aliphatic carbocycles. The summed E-state index contributed by atoms with van der Waals surface area (Å²) in [5, 5.41) is 0.704. The summed E-state index contributed by atoms with van der Waals surface area (Å²) in [4.78, 5) is 0. The molecule has 0 aliphatic heterocycles. The fraction of sp³-hybridized carbons (Fsp3) is 0.286. The first-order valence-corrected chi connectivity index (χ1v) is 5.96. The maximum Gasteiger partial charge on any atom is 0.455 e. The van der Waals surface area contributed by atoms with Crippen LogP contribution >= 0.6 is 0 Å². The molecular formula is C14H12F5NO. The standard InChI is InChI=1S/C14H12F5NO/c1-21-10-7-6-8-4-2-3-5-9(8)11(10)12(20)13(15,16)14(17,18)19/h2-7,12H,20H2,1H3/t12-/m0/s1. The molecule has 2 aromatic carbocycles. The summed E-state index contributed by atoms with van der Waals surface area (Å²) < 4.78 is 69.6. The first kappa shape index (κ1) is 15.5. The van der Waals surface area contributed by atoms with Crippen LogP contribution in [-0.2, 0) is 0 Å². The number of alkyl halides is 5.